The maximum Gasteiger partial charge on any atom is 0.108 e. The highest BCUT2D eigenvalue weighted by Gasteiger charge is 2.13. The van der Waals surface area contributed by atoms with Gasteiger partial charge in [0.2, 0.25) is 0 Å². The first-order chi connectivity index (χ1) is 8.22. The summed E-state index contributed by atoms with van der Waals surface area (Å²) in [5, 5.41) is 10.2. The van der Waals surface area contributed by atoms with Crippen molar-refractivity contribution < 1.29 is 5.11 Å². The molecule has 1 heterocycles. The topological polar surface area (TPSA) is 59.1 Å². The molecule has 0 radical (unpaired) electrons. The molecule has 0 aliphatic heterocycles. The average molecular weight is 228 g/mol. The number of hydrogen-bond donors (Lipinski definition) is 2. The van der Waals surface area contributed by atoms with Crippen LogP contribution in [0.25, 0.3) is 0 Å². The van der Waals surface area contributed by atoms with Crippen LogP contribution in [0.15, 0.2) is 42.7 Å². The minimum atomic E-state index is -0.713. The van der Waals surface area contributed by atoms with Gasteiger partial charge in [-0.25, -0.2) is 0 Å². The van der Waals surface area contributed by atoms with E-state index in [1.165, 1.54) is 5.56 Å². The number of hydrogen-bond acceptors (Lipinski definition) is 3. The number of anilines is 1. The highest BCUT2D eigenvalue weighted by atomic mass is 16.3. The van der Waals surface area contributed by atoms with Crippen molar-refractivity contribution in [1.82, 2.24) is 4.98 Å². The first-order valence-corrected chi connectivity index (χ1v) is 5.68. The fourth-order valence-corrected chi connectivity index (χ4v) is 1.76. The Kier molecular flexibility index (Phi) is 3.40. The number of benzene rings is 1. The Balaban J connectivity index is 2.30. The van der Waals surface area contributed by atoms with Gasteiger partial charge in [0, 0.05) is 23.6 Å². The van der Waals surface area contributed by atoms with Crippen LogP contribution in [0.4, 0.5) is 5.69 Å². The monoisotopic (exact) mass is 228 g/mol. The van der Waals surface area contributed by atoms with Crippen LogP contribution in [-0.2, 0) is 6.42 Å². The van der Waals surface area contributed by atoms with Crippen molar-refractivity contribution in [3.8, 4) is 0 Å². The van der Waals surface area contributed by atoms with Gasteiger partial charge in [0.25, 0.3) is 0 Å². The molecule has 0 spiro atoms. The standard InChI is InChI=1S/C14H16N2O/c1-2-10-3-5-11(6-4-10)14(17)12-9-16-8-7-13(12)15/h3-9,14,17H,2H2,1H3,(H2,15,16). The van der Waals surface area contributed by atoms with Gasteiger partial charge in [-0.05, 0) is 23.6 Å². The number of aromatic nitrogens is 1. The van der Waals surface area contributed by atoms with Crippen molar-refractivity contribution >= 4 is 5.69 Å². The Morgan fingerprint density at radius 2 is 1.94 bits per heavy atom. The Morgan fingerprint density at radius 3 is 2.53 bits per heavy atom. The van der Waals surface area contributed by atoms with Gasteiger partial charge in [0.1, 0.15) is 6.10 Å². The molecule has 1 aromatic heterocycles. The zero-order valence-electron chi connectivity index (χ0n) is 9.80. The summed E-state index contributed by atoms with van der Waals surface area (Å²) >= 11 is 0. The van der Waals surface area contributed by atoms with Crippen molar-refractivity contribution in [3.63, 3.8) is 0 Å². The summed E-state index contributed by atoms with van der Waals surface area (Å²) in [5.41, 5.74) is 9.11. The van der Waals surface area contributed by atoms with E-state index in [1.54, 1.807) is 18.5 Å². The predicted molar refractivity (Wildman–Crippen MR) is 68.5 cm³/mol. The molecule has 3 heteroatoms. The van der Waals surface area contributed by atoms with Crippen LogP contribution in [0.2, 0.25) is 0 Å². The molecule has 1 atom stereocenters. The van der Waals surface area contributed by atoms with E-state index in [2.05, 4.69) is 11.9 Å². The highest BCUT2D eigenvalue weighted by Crippen LogP contribution is 2.25. The van der Waals surface area contributed by atoms with Gasteiger partial charge in [-0.1, -0.05) is 31.2 Å². The van der Waals surface area contributed by atoms with Gasteiger partial charge in [0.05, 0.1) is 0 Å². The molecule has 1 aromatic carbocycles. The Hall–Kier alpha value is -1.87. The molecule has 3 N–H and O–H groups in total. The van der Waals surface area contributed by atoms with E-state index < -0.39 is 6.10 Å². The second-order valence-corrected chi connectivity index (χ2v) is 4.00. The Morgan fingerprint density at radius 1 is 1.24 bits per heavy atom. The van der Waals surface area contributed by atoms with Gasteiger partial charge in [-0.2, -0.15) is 0 Å². The number of nitrogens with zero attached hydrogens (tertiary/aromatic N) is 1. The normalized spacial score (nSPS) is 12.4. The van der Waals surface area contributed by atoms with Crippen LogP contribution in [0, 0.1) is 0 Å². The molecule has 0 fully saturated rings. The molecule has 0 bridgehead atoms. The van der Waals surface area contributed by atoms with Crippen LogP contribution in [0.5, 0.6) is 0 Å². The molecular weight excluding hydrogens is 212 g/mol. The average Bonchev–Trinajstić information content (AvgIpc) is 2.39. The summed E-state index contributed by atoms with van der Waals surface area (Å²) in [7, 11) is 0. The second kappa shape index (κ2) is 4.97. The van der Waals surface area contributed by atoms with E-state index in [0.29, 0.717) is 11.3 Å². The van der Waals surface area contributed by atoms with Gasteiger partial charge in [-0.3, -0.25) is 4.98 Å². The van der Waals surface area contributed by atoms with Crippen LogP contribution >= 0.6 is 0 Å². The van der Waals surface area contributed by atoms with Crippen molar-refractivity contribution in [3.05, 3.63) is 59.4 Å². The lowest BCUT2D eigenvalue weighted by Gasteiger charge is -2.13. The quantitative estimate of drug-likeness (QED) is 0.847. The number of nitrogen functional groups attached to an aromatic ring is 1. The molecule has 0 saturated heterocycles. The van der Waals surface area contributed by atoms with Gasteiger partial charge in [0.15, 0.2) is 0 Å². The minimum Gasteiger partial charge on any atom is -0.398 e. The molecule has 3 nitrogen and oxygen atoms in total. The zero-order valence-corrected chi connectivity index (χ0v) is 9.80. The summed E-state index contributed by atoms with van der Waals surface area (Å²) in [6, 6.07) is 9.58. The maximum atomic E-state index is 10.2. The molecule has 2 rings (SSSR count). The number of nitrogens with two attached hydrogens (primary N) is 1. The second-order valence-electron chi connectivity index (χ2n) is 4.00. The highest BCUT2D eigenvalue weighted by molar-refractivity contribution is 5.48. The van der Waals surface area contributed by atoms with Gasteiger partial charge in [-0.15, -0.1) is 0 Å². The number of rotatable bonds is 3. The Labute approximate surface area is 101 Å². The third kappa shape index (κ3) is 2.45. The van der Waals surface area contributed by atoms with E-state index in [9.17, 15) is 5.11 Å². The summed E-state index contributed by atoms with van der Waals surface area (Å²) in [6.45, 7) is 2.10. The third-order valence-corrected chi connectivity index (χ3v) is 2.89. The molecule has 88 valence electrons. The van der Waals surface area contributed by atoms with Crippen molar-refractivity contribution in [2.75, 3.05) is 5.73 Å². The van der Waals surface area contributed by atoms with E-state index in [0.717, 1.165) is 12.0 Å². The summed E-state index contributed by atoms with van der Waals surface area (Å²) in [5.74, 6) is 0. The van der Waals surface area contributed by atoms with Crippen LogP contribution in [-0.4, -0.2) is 10.1 Å². The molecular formula is C14H16N2O. The smallest absolute Gasteiger partial charge is 0.108 e. The van der Waals surface area contributed by atoms with Crippen LogP contribution in [0.3, 0.4) is 0 Å². The molecule has 0 aliphatic rings. The lowest BCUT2D eigenvalue weighted by Crippen LogP contribution is -2.04. The van der Waals surface area contributed by atoms with E-state index in [4.69, 9.17) is 5.73 Å². The minimum absolute atomic E-state index is 0.562. The molecule has 0 amide bonds. The van der Waals surface area contributed by atoms with Crippen LogP contribution < -0.4 is 5.73 Å². The fourth-order valence-electron chi connectivity index (χ4n) is 1.76. The largest absolute Gasteiger partial charge is 0.398 e. The molecule has 17 heavy (non-hydrogen) atoms. The van der Waals surface area contributed by atoms with E-state index >= 15 is 0 Å². The summed E-state index contributed by atoms with van der Waals surface area (Å²) in [6.07, 6.45) is 3.50. The molecule has 1 unspecified atom stereocenters. The first-order valence-electron chi connectivity index (χ1n) is 5.68. The van der Waals surface area contributed by atoms with Crippen molar-refractivity contribution in [2.24, 2.45) is 0 Å². The van der Waals surface area contributed by atoms with Crippen LogP contribution in [0.1, 0.15) is 29.7 Å². The van der Waals surface area contributed by atoms with Crippen molar-refractivity contribution in [2.45, 2.75) is 19.4 Å². The lowest BCUT2D eigenvalue weighted by atomic mass is 10.00. The van der Waals surface area contributed by atoms with Crippen molar-refractivity contribution in [1.29, 1.82) is 0 Å². The summed E-state index contributed by atoms with van der Waals surface area (Å²) < 4.78 is 0. The number of pyridine rings is 1. The number of aliphatic hydroxyl groups excluding tert-OH is 1. The Bertz CT molecular complexity index is 494. The van der Waals surface area contributed by atoms with Gasteiger partial charge < -0.3 is 10.8 Å². The molecule has 0 saturated carbocycles. The zero-order chi connectivity index (χ0) is 12.3. The maximum absolute atomic E-state index is 10.2. The first kappa shape index (κ1) is 11.6. The molecule has 0 aliphatic carbocycles. The molecule has 2 aromatic rings. The number of aryl methyl sites for hydroxylation is 1. The fraction of sp³-hybridized carbons (Fsp3) is 0.214. The lowest BCUT2D eigenvalue weighted by molar-refractivity contribution is 0.220. The SMILES string of the molecule is CCc1ccc(C(O)c2cnccc2N)cc1. The number of aliphatic hydroxyl groups is 1. The van der Waals surface area contributed by atoms with E-state index in [-0.39, 0.29) is 0 Å². The summed E-state index contributed by atoms with van der Waals surface area (Å²) in [4.78, 5) is 3.99. The third-order valence-electron chi connectivity index (χ3n) is 2.89. The predicted octanol–water partition coefficient (Wildman–Crippen LogP) is 2.31. The van der Waals surface area contributed by atoms with Gasteiger partial charge >= 0.3 is 0 Å². The van der Waals surface area contributed by atoms with E-state index in [1.807, 2.05) is 24.3 Å².